The SMILES string of the molecule is O=C(NCc1cccnc1N1CCOCC1)C1CC(c2ccco2)NN1. The summed E-state index contributed by atoms with van der Waals surface area (Å²) < 4.78 is 10.8. The Balaban J connectivity index is 1.35. The van der Waals surface area contributed by atoms with Crippen molar-refractivity contribution < 1.29 is 13.9 Å². The van der Waals surface area contributed by atoms with Crippen molar-refractivity contribution >= 4 is 11.7 Å². The lowest BCUT2D eigenvalue weighted by Gasteiger charge is -2.29. The number of hydrazine groups is 1. The van der Waals surface area contributed by atoms with Gasteiger partial charge < -0.3 is 19.4 Å². The third kappa shape index (κ3) is 3.72. The molecule has 4 heterocycles. The number of carbonyl (C=O) groups is 1. The van der Waals surface area contributed by atoms with Gasteiger partial charge in [-0.05, 0) is 24.6 Å². The second-order valence-electron chi connectivity index (χ2n) is 6.45. The lowest BCUT2D eigenvalue weighted by molar-refractivity contribution is -0.123. The highest BCUT2D eigenvalue weighted by atomic mass is 16.5. The zero-order valence-electron chi connectivity index (χ0n) is 14.5. The third-order valence-electron chi connectivity index (χ3n) is 4.74. The minimum absolute atomic E-state index is 0.00283. The number of nitrogens with one attached hydrogen (secondary N) is 3. The van der Waals surface area contributed by atoms with Crippen molar-refractivity contribution in [2.24, 2.45) is 0 Å². The van der Waals surface area contributed by atoms with Crippen LogP contribution >= 0.6 is 0 Å². The van der Waals surface area contributed by atoms with Crippen LogP contribution in [0.1, 0.15) is 23.8 Å². The molecule has 2 aromatic heterocycles. The number of carbonyl (C=O) groups excluding carboxylic acids is 1. The molecule has 2 aromatic rings. The zero-order chi connectivity index (χ0) is 17.8. The molecule has 0 aliphatic carbocycles. The highest BCUT2D eigenvalue weighted by Gasteiger charge is 2.31. The standard InChI is InChI=1S/C18H23N5O3/c24-18(15-11-14(21-22-15)16-4-2-8-26-16)20-12-13-3-1-5-19-17(13)23-6-9-25-10-7-23/h1-5,8,14-15,21-22H,6-7,9-12H2,(H,20,24). The van der Waals surface area contributed by atoms with E-state index in [-0.39, 0.29) is 18.0 Å². The predicted molar refractivity (Wildman–Crippen MR) is 95.2 cm³/mol. The first-order valence-electron chi connectivity index (χ1n) is 8.90. The summed E-state index contributed by atoms with van der Waals surface area (Å²) in [6, 6.07) is 7.36. The van der Waals surface area contributed by atoms with E-state index >= 15 is 0 Å². The number of aromatic nitrogens is 1. The second-order valence-corrected chi connectivity index (χ2v) is 6.45. The van der Waals surface area contributed by atoms with Gasteiger partial charge in [0, 0.05) is 31.4 Å². The largest absolute Gasteiger partial charge is 0.468 e. The summed E-state index contributed by atoms with van der Waals surface area (Å²) in [5.41, 5.74) is 7.17. The fourth-order valence-electron chi connectivity index (χ4n) is 3.34. The van der Waals surface area contributed by atoms with Crippen LogP contribution < -0.4 is 21.1 Å². The van der Waals surface area contributed by atoms with Gasteiger partial charge in [0.15, 0.2) is 0 Å². The summed E-state index contributed by atoms with van der Waals surface area (Å²) in [4.78, 5) is 19.2. The molecule has 2 unspecified atom stereocenters. The second kappa shape index (κ2) is 7.86. The number of ether oxygens (including phenoxy) is 1. The van der Waals surface area contributed by atoms with Crippen LogP contribution in [0.2, 0.25) is 0 Å². The normalized spacial score (nSPS) is 23.2. The highest BCUT2D eigenvalue weighted by Crippen LogP contribution is 2.23. The molecule has 8 heteroatoms. The molecule has 1 amide bonds. The average Bonchev–Trinajstić information content (AvgIpc) is 3.38. The molecule has 0 bridgehead atoms. The average molecular weight is 357 g/mol. The van der Waals surface area contributed by atoms with Crippen LogP contribution in [0.5, 0.6) is 0 Å². The molecular formula is C18H23N5O3. The van der Waals surface area contributed by atoms with E-state index in [2.05, 4.69) is 26.1 Å². The number of nitrogens with zero attached hydrogens (tertiary/aromatic N) is 2. The van der Waals surface area contributed by atoms with Crippen molar-refractivity contribution in [3.05, 3.63) is 48.0 Å². The van der Waals surface area contributed by atoms with Gasteiger partial charge in [0.25, 0.3) is 0 Å². The summed E-state index contributed by atoms with van der Waals surface area (Å²) in [6.07, 6.45) is 4.06. The van der Waals surface area contributed by atoms with Crippen LogP contribution in [0.4, 0.5) is 5.82 Å². The van der Waals surface area contributed by atoms with E-state index in [4.69, 9.17) is 9.15 Å². The molecule has 2 fully saturated rings. The number of morpholine rings is 1. The highest BCUT2D eigenvalue weighted by molar-refractivity contribution is 5.82. The number of pyridine rings is 1. The molecule has 4 rings (SSSR count). The molecule has 138 valence electrons. The van der Waals surface area contributed by atoms with E-state index in [0.29, 0.717) is 26.2 Å². The van der Waals surface area contributed by atoms with Gasteiger partial charge in [0.2, 0.25) is 5.91 Å². The van der Waals surface area contributed by atoms with Gasteiger partial charge in [-0.15, -0.1) is 0 Å². The lowest BCUT2D eigenvalue weighted by atomic mass is 10.1. The van der Waals surface area contributed by atoms with Crippen molar-refractivity contribution in [1.82, 2.24) is 21.2 Å². The summed E-state index contributed by atoms with van der Waals surface area (Å²) in [5, 5.41) is 3.02. The molecule has 0 radical (unpaired) electrons. The van der Waals surface area contributed by atoms with Gasteiger partial charge >= 0.3 is 0 Å². The molecular weight excluding hydrogens is 334 g/mol. The number of amides is 1. The maximum Gasteiger partial charge on any atom is 0.238 e. The van der Waals surface area contributed by atoms with Crippen LogP contribution in [-0.2, 0) is 16.1 Å². The molecule has 2 aliphatic heterocycles. The number of furan rings is 1. The van der Waals surface area contributed by atoms with E-state index in [9.17, 15) is 4.79 Å². The number of hydrogen-bond acceptors (Lipinski definition) is 7. The maximum absolute atomic E-state index is 12.5. The van der Waals surface area contributed by atoms with Gasteiger partial charge in [0.1, 0.15) is 17.6 Å². The smallest absolute Gasteiger partial charge is 0.238 e. The van der Waals surface area contributed by atoms with Gasteiger partial charge in [0.05, 0.1) is 25.5 Å². The van der Waals surface area contributed by atoms with E-state index < -0.39 is 0 Å². The number of hydrogen-bond donors (Lipinski definition) is 3. The molecule has 0 saturated carbocycles. The fourth-order valence-corrected chi connectivity index (χ4v) is 3.34. The molecule has 2 aliphatic rings. The Labute approximate surface area is 151 Å². The third-order valence-corrected chi connectivity index (χ3v) is 4.74. The molecule has 0 aromatic carbocycles. The van der Waals surface area contributed by atoms with Crippen LogP contribution in [0.3, 0.4) is 0 Å². The first-order valence-corrected chi connectivity index (χ1v) is 8.90. The number of rotatable bonds is 5. The monoisotopic (exact) mass is 357 g/mol. The molecule has 2 saturated heterocycles. The van der Waals surface area contributed by atoms with Crippen molar-refractivity contribution in [2.75, 3.05) is 31.2 Å². The zero-order valence-corrected chi connectivity index (χ0v) is 14.5. The molecule has 8 nitrogen and oxygen atoms in total. The Kier molecular flexibility index (Phi) is 5.14. The predicted octanol–water partition coefficient (Wildman–Crippen LogP) is 0.735. The Hall–Kier alpha value is -2.42. The topological polar surface area (TPSA) is 91.7 Å². The van der Waals surface area contributed by atoms with Gasteiger partial charge in [-0.2, -0.15) is 0 Å². The van der Waals surface area contributed by atoms with Crippen molar-refractivity contribution in [1.29, 1.82) is 0 Å². The van der Waals surface area contributed by atoms with E-state index in [1.54, 1.807) is 12.5 Å². The number of anilines is 1. The summed E-state index contributed by atoms with van der Waals surface area (Å²) in [7, 11) is 0. The van der Waals surface area contributed by atoms with Gasteiger partial charge in [-0.3, -0.25) is 4.79 Å². The molecule has 2 atom stereocenters. The summed E-state index contributed by atoms with van der Waals surface area (Å²) >= 11 is 0. The van der Waals surface area contributed by atoms with Crippen LogP contribution in [0.15, 0.2) is 41.1 Å². The quantitative estimate of drug-likeness (QED) is 0.727. The van der Waals surface area contributed by atoms with Gasteiger partial charge in [-0.25, -0.2) is 15.8 Å². The molecule has 3 N–H and O–H groups in total. The summed E-state index contributed by atoms with van der Waals surface area (Å²) in [6.45, 7) is 3.49. The van der Waals surface area contributed by atoms with Crippen LogP contribution in [0, 0.1) is 0 Å². The van der Waals surface area contributed by atoms with Crippen LogP contribution in [0.25, 0.3) is 0 Å². The van der Waals surface area contributed by atoms with Crippen molar-refractivity contribution in [3.8, 4) is 0 Å². The first-order chi connectivity index (χ1) is 12.8. The van der Waals surface area contributed by atoms with E-state index in [1.807, 2.05) is 24.3 Å². The summed E-state index contributed by atoms with van der Waals surface area (Å²) in [5.74, 6) is 1.71. The maximum atomic E-state index is 12.5. The Morgan fingerprint density at radius 1 is 1.27 bits per heavy atom. The fraction of sp³-hybridized carbons (Fsp3) is 0.444. The minimum atomic E-state index is -0.298. The Morgan fingerprint density at radius 2 is 2.15 bits per heavy atom. The molecule has 0 spiro atoms. The minimum Gasteiger partial charge on any atom is -0.468 e. The van der Waals surface area contributed by atoms with Crippen molar-refractivity contribution in [2.45, 2.75) is 25.0 Å². The lowest BCUT2D eigenvalue weighted by Crippen LogP contribution is -2.43. The Morgan fingerprint density at radius 3 is 2.96 bits per heavy atom. The first kappa shape index (κ1) is 17.0. The van der Waals surface area contributed by atoms with Crippen LogP contribution in [-0.4, -0.2) is 43.2 Å². The van der Waals surface area contributed by atoms with Gasteiger partial charge in [-0.1, -0.05) is 6.07 Å². The molecule has 26 heavy (non-hydrogen) atoms. The van der Waals surface area contributed by atoms with E-state index in [1.165, 1.54) is 0 Å². The van der Waals surface area contributed by atoms with E-state index in [0.717, 1.165) is 30.2 Å². The Bertz CT molecular complexity index is 730. The van der Waals surface area contributed by atoms with Crippen molar-refractivity contribution in [3.63, 3.8) is 0 Å².